The van der Waals surface area contributed by atoms with Gasteiger partial charge in [0.2, 0.25) is 5.96 Å². The molecule has 0 fully saturated rings. The number of nitrogens with zero attached hydrogens (tertiary/aromatic N) is 1. The van der Waals surface area contributed by atoms with Gasteiger partial charge in [-0.05, 0) is 42.7 Å². The van der Waals surface area contributed by atoms with Gasteiger partial charge >= 0.3 is 12.1 Å². The molecule has 1 amide bonds. The molecule has 1 unspecified atom stereocenters. The van der Waals surface area contributed by atoms with E-state index in [0.29, 0.717) is 5.75 Å². The lowest BCUT2D eigenvalue weighted by molar-refractivity contribution is -0.139. The Morgan fingerprint density at radius 3 is 2.39 bits per heavy atom. The molecule has 1 atom stereocenters. The van der Waals surface area contributed by atoms with E-state index in [2.05, 4.69) is 15.0 Å². The summed E-state index contributed by atoms with van der Waals surface area (Å²) in [6.45, 7) is 0.0513. The third-order valence-electron chi connectivity index (χ3n) is 4.34. The zero-order chi connectivity index (χ0) is 24.3. The molecule has 33 heavy (non-hydrogen) atoms. The molecule has 178 valence electrons. The molecule has 0 bridgehead atoms. The summed E-state index contributed by atoms with van der Waals surface area (Å²) in [6, 6.07) is 13.4. The highest BCUT2D eigenvalue weighted by Crippen LogP contribution is 2.15. The molecule has 0 heterocycles. The molecule has 0 aliphatic carbocycles. The lowest BCUT2D eigenvalue weighted by atomic mass is 10.1. The number of guanidine groups is 1. The van der Waals surface area contributed by atoms with Crippen LogP contribution in [0.15, 0.2) is 64.5 Å². The van der Waals surface area contributed by atoms with Gasteiger partial charge in [-0.1, -0.05) is 30.3 Å². The van der Waals surface area contributed by atoms with Crippen molar-refractivity contribution < 1.29 is 32.6 Å². The number of aliphatic imine (C=N–C) groups is 1. The zero-order valence-electron chi connectivity index (χ0n) is 17.9. The summed E-state index contributed by atoms with van der Waals surface area (Å²) in [7, 11) is -2.46. The van der Waals surface area contributed by atoms with Gasteiger partial charge in [-0.3, -0.25) is 4.99 Å². The summed E-state index contributed by atoms with van der Waals surface area (Å²) in [6.07, 6.45) is -0.597. The average Bonchev–Trinajstić information content (AvgIpc) is 2.80. The van der Waals surface area contributed by atoms with Gasteiger partial charge in [0.15, 0.2) is 0 Å². The van der Waals surface area contributed by atoms with Gasteiger partial charge in [0, 0.05) is 6.54 Å². The molecule has 2 aromatic carbocycles. The molecule has 0 aliphatic heterocycles. The van der Waals surface area contributed by atoms with Crippen molar-refractivity contribution in [1.82, 2.24) is 10.0 Å². The summed E-state index contributed by atoms with van der Waals surface area (Å²) in [5, 5.41) is 11.6. The minimum atomic E-state index is -3.93. The van der Waals surface area contributed by atoms with Crippen LogP contribution in [-0.4, -0.2) is 51.2 Å². The Morgan fingerprint density at radius 1 is 1.12 bits per heavy atom. The van der Waals surface area contributed by atoms with Crippen molar-refractivity contribution in [2.24, 2.45) is 10.7 Å². The monoisotopic (exact) mass is 478 g/mol. The highest BCUT2D eigenvalue weighted by molar-refractivity contribution is 7.90. The Balaban J connectivity index is 1.80. The van der Waals surface area contributed by atoms with Crippen molar-refractivity contribution >= 4 is 28.0 Å². The van der Waals surface area contributed by atoms with Crippen LogP contribution in [0.5, 0.6) is 5.75 Å². The SMILES string of the molecule is COc1ccc(S(=O)(=O)NC(N)=NCCCC(NC(=O)OCc2ccccc2)C(=O)O)cc1. The minimum Gasteiger partial charge on any atom is -0.497 e. The number of ether oxygens (including phenoxy) is 2. The molecular formula is C21H26N4O7S. The van der Waals surface area contributed by atoms with Crippen LogP contribution in [0.1, 0.15) is 18.4 Å². The molecular weight excluding hydrogens is 452 g/mol. The number of nitrogens with one attached hydrogen (secondary N) is 2. The third-order valence-corrected chi connectivity index (χ3v) is 5.72. The van der Waals surface area contributed by atoms with E-state index < -0.39 is 28.1 Å². The largest absolute Gasteiger partial charge is 0.497 e. The predicted molar refractivity (Wildman–Crippen MR) is 120 cm³/mol. The van der Waals surface area contributed by atoms with Crippen molar-refractivity contribution in [3.63, 3.8) is 0 Å². The Morgan fingerprint density at radius 2 is 1.79 bits per heavy atom. The topological polar surface area (TPSA) is 169 Å². The number of benzene rings is 2. The number of carboxylic acid groups (broad SMARTS) is 1. The molecule has 0 aliphatic rings. The molecule has 2 aromatic rings. The second-order valence-electron chi connectivity index (χ2n) is 6.79. The first-order valence-electron chi connectivity index (χ1n) is 9.88. The minimum absolute atomic E-state index is 0.00811. The van der Waals surface area contributed by atoms with E-state index >= 15 is 0 Å². The van der Waals surface area contributed by atoms with Crippen LogP contribution in [0.4, 0.5) is 4.79 Å². The molecule has 0 radical (unpaired) electrons. The van der Waals surface area contributed by atoms with Crippen molar-refractivity contribution in [2.45, 2.75) is 30.4 Å². The fourth-order valence-corrected chi connectivity index (χ4v) is 3.60. The maximum Gasteiger partial charge on any atom is 0.408 e. The second-order valence-corrected chi connectivity index (χ2v) is 8.47. The number of amides is 1. The van der Waals surface area contributed by atoms with E-state index in [4.69, 9.17) is 15.2 Å². The molecule has 0 saturated carbocycles. The first-order chi connectivity index (χ1) is 15.7. The van der Waals surface area contributed by atoms with Gasteiger partial charge in [0.1, 0.15) is 18.4 Å². The number of hydrogen-bond acceptors (Lipinski definition) is 7. The van der Waals surface area contributed by atoms with Crippen LogP contribution in [0, 0.1) is 0 Å². The van der Waals surface area contributed by atoms with Crippen molar-refractivity contribution in [1.29, 1.82) is 0 Å². The lowest BCUT2D eigenvalue weighted by Crippen LogP contribution is -2.41. The number of alkyl carbamates (subject to hydrolysis) is 1. The quantitative estimate of drug-likeness (QED) is 0.214. The summed E-state index contributed by atoms with van der Waals surface area (Å²) < 4.78 is 36.8. The summed E-state index contributed by atoms with van der Waals surface area (Å²) in [5.74, 6) is -1.07. The van der Waals surface area contributed by atoms with Crippen LogP contribution < -0.4 is 20.5 Å². The number of aliphatic carboxylic acids is 1. The molecule has 0 aromatic heterocycles. The van der Waals surface area contributed by atoms with Crippen molar-refractivity contribution in [3.05, 3.63) is 60.2 Å². The number of carbonyl (C=O) groups excluding carboxylic acids is 1. The van der Waals surface area contributed by atoms with Crippen LogP contribution in [0.2, 0.25) is 0 Å². The molecule has 12 heteroatoms. The van der Waals surface area contributed by atoms with E-state index in [9.17, 15) is 23.1 Å². The van der Waals surface area contributed by atoms with Crippen LogP contribution in [-0.2, 0) is 26.2 Å². The van der Waals surface area contributed by atoms with Gasteiger partial charge in [0.25, 0.3) is 10.0 Å². The number of methoxy groups -OCH3 is 1. The lowest BCUT2D eigenvalue weighted by Gasteiger charge is -2.14. The fourth-order valence-electron chi connectivity index (χ4n) is 2.64. The van der Waals surface area contributed by atoms with Crippen LogP contribution >= 0.6 is 0 Å². The van der Waals surface area contributed by atoms with E-state index in [1.165, 1.54) is 31.4 Å². The maximum atomic E-state index is 12.3. The first-order valence-corrected chi connectivity index (χ1v) is 11.4. The molecule has 5 N–H and O–H groups in total. The van der Waals surface area contributed by atoms with E-state index in [1.54, 1.807) is 24.3 Å². The first kappa shape index (κ1) is 25.5. The third kappa shape index (κ3) is 8.69. The number of carbonyl (C=O) groups is 2. The van der Waals surface area contributed by atoms with E-state index in [1.807, 2.05) is 6.07 Å². The van der Waals surface area contributed by atoms with Gasteiger partial charge < -0.3 is 25.6 Å². The number of sulfonamides is 1. The molecule has 2 rings (SSSR count). The molecule has 11 nitrogen and oxygen atoms in total. The van der Waals surface area contributed by atoms with Gasteiger partial charge in [-0.2, -0.15) is 0 Å². The maximum absolute atomic E-state index is 12.3. The summed E-state index contributed by atoms with van der Waals surface area (Å²) in [4.78, 5) is 27.1. The van der Waals surface area contributed by atoms with Gasteiger partial charge in [-0.25, -0.2) is 22.7 Å². The number of carboxylic acids is 1. The zero-order valence-corrected chi connectivity index (χ0v) is 18.7. The highest BCUT2D eigenvalue weighted by atomic mass is 32.2. The van der Waals surface area contributed by atoms with Crippen molar-refractivity contribution in [2.75, 3.05) is 13.7 Å². The standard InChI is InChI=1S/C21H26N4O7S/c1-31-16-9-11-17(12-10-16)33(29,30)25-20(22)23-13-5-8-18(19(26)27)24-21(28)32-14-15-6-3-2-4-7-15/h2-4,6-7,9-12,18H,5,8,13-14H2,1H3,(H,24,28)(H,26,27)(H3,22,23,25). The van der Waals surface area contributed by atoms with Crippen molar-refractivity contribution in [3.8, 4) is 5.75 Å². The summed E-state index contributed by atoms with van der Waals surface area (Å²) in [5.41, 5.74) is 6.40. The predicted octanol–water partition coefficient (Wildman–Crippen LogP) is 1.45. The highest BCUT2D eigenvalue weighted by Gasteiger charge is 2.20. The number of rotatable bonds is 11. The fraction of sp³-hybridized carbons (Fsp3) is 0.286. The Labute approximate surface area is 191 Å². The number of hydrogen-bond donors (Lipinski definition) is 4. The van der Waals surface area contributed by atoms with Gasteiger partial charge in [0.05, 0.1) is 12.0 Å². The smallest absolute Gasteiger partial charge is 0.408 e. The average molecular weight is 479 g/mol. The second kappa shape index (κ2) is 12.3. The Hall–Kier alpha value is -3.80. The normalized spacial score (nSPS) is 12.5. The van der Waals surface area contributed by atoms with E-state index in [-0.39, 0.29) is 36.8 Å². The van der Waals surface area contributed by atoms with Gasteiger partial charge in [-0.15, -0.1) is 0 Å². The molecule has 0 saturated heterocycles. The molecule has 0 spiro atoms. The van der Waals surface area contributed by atoms with E-state index in [0.717, 1.165) is 5.56 Å². The van der Waals surface area contributed by atoms with Crippen LogP contribution in [0.3, 0.4) is 0 Å². The Bertz CT molecular complexity index is 1060. The number of nitrogens with two attached hydrogens (primary N) is 1. The summed E-state index contributed by atoms with van der Waals surface area (Å²) >= 11 is 0. The Kier molecular flexibility index (Phi) is 9.48. The van der Waals surface area contributed by atoms with Crippen LogP contribution in [0.25, 0.3) is 0 Å².